The van der Waals surface area contributed by atoms with Crippen molar-refractivity contribution >= 4 is 31.7 Å². The number of esters is 1. The number of ether oxygens (including phenoxy) is 1. The van der Waals surface area contributed by atoms with E-state index in [-0.39, 0.29) is 18.2 Å². The molecule has 1 N–H and O–H groups in total. The summed E-state index contributed by atoms with van der Waals surface area (Å²) in [5, 5.41) is 2.86. The van der Waals surface area contributed by atoms with Crippen molar-refractivity contribution in [1.82, 2.24) is 0 Å². The lowest BCUT2D eigenvalue weighted by molar-refractivity contribution is -0.138. The zero-order chi connectivity index (χ0) is 18.2. The summed E-state index contributed by atoms with van der Waals surface area (Å²) in [5.74, 6) is -0.620. The smallest absolute Gasteiger partial charge is 0.336 e. The molecular weight excluding hydrogens is 320 g/mol. The van der Waals surface area contributed by atoms with Crippen molar-refractivity contribution in [2.45, 2.75) is 39.0 Å². The molecule has 0 aliphatic heterocycles. The first-order valence-electron chi connectivity index (χ1n) is 7.91. The summed E-state index contributed by atoms with van der Waals surface area (Å²) in [5.41, 5.74) is 1.34. The van der Waals surface area contributed by atoms with E-state index in [1.807, 2.05) is 0 Å². The molecular formula is C18H24N2O3Si. The predicted octanol–water partition coefficient (Wildman–Crippen LogP) is 4.18. The van der Waals surface area contributed by atoms with Crippen LogP contribution < -0.4 is 5.32 Å². The Morgan fingerprint density at radius 2 is 1.88 bits per heavy atom. The van der Waals surface area contributed by atoms with E-state index in [0.29, 0.717) is 17.7 Å². The van der Waals surface area contributed by atoms with Crippen LogP contribution in [0, 0.1) is 6.57 Å². The molecule has 0 aliphatic carbocycles. The lowest BCUT2D eigenvalue weighted by atomic mass is 10.1. The average Bonchev–Trinajstić information content (AvgIpc) is 2.51. The molecule has 0 saturated carbocycles. The summed E-state index contributed by atoms with van der Waals surface area (Å²) < 4.78 is 4.82. The van der Waals surface area contributed by atoms with Gasteiger partial charge in [-0.05, 0) is 36.7 Å². The molecule has 0 radical (unpaired) electrons. The van der Waals surface area contributed by atoms with E-state index in [9.17, 15) is 9.59 Å². The number of amides is 1. The number of benzene rings is 1. The molecule has 0 bridgehead atoms. The van der Waals surface area contributed by atoms with Gasteiger partial charge in [-0.25, -0.2) is 4.85 Å². The van der Waals surface area contributed by atoms with Crippen LogP contribution in [0.5, 0.6) is 0 Å². The number of hydrogen-bond donors (Lipinski definition) is 1. The number of nitrogens with zero attached hydrogens (tertiary/aromatic N) is 1. The number of carbonyl (C=O) groups excluding carboxylic acids is 2. The predicted molar refractivity (Wildman–Crippen MR) is 99.1 cm³/mol. The lowest BCUT2D eigenvalue weighted by Crippen LogP contribution is -2.22. The van der Waals surface area contributed by atoms with E-state index in [4.69, 9.17) is 11.3 Å². The Morgan fingerprint density at radius 1 is 1.25 bits per heavy atom. The van der Waals surface area contributed by atoms with Crippen LogP contribution in [-0.2, 0) is 14.3 Å². The van der Waals surface area contributed by atoms with Crippen LogP contribution in [0.15, 0.2) is 30.0 Å². The summed E-state index contributed by atoms with van der Waals surface area (Å²) in [6, 6.07) is 7.96. The molecule has 5 nitrogen and oxygen atoms in total. The molecule has 1 rings (SSSR count). The van der Waals surface area contributed by atoms with Crippen LogP contribution in [0.3, 0.4) is 0 Å². The largest absolute Gasteiger partial charge is 0.471 e. The summed E-state index contributed by atoms with van der Waals surface area (Å²) in [4.78, 5) is 26.7. The Kier molecular flexibility index (Phi) is 7.40. The fraction of sp³-hybridized carbons (Fsp3) is 0.389. The SMILES string of the molecule is [C-]#[N+]/C(=C\c1ccc(NC(=O)CC[Si](C)(C)C)cc1)C(=O)OCC. The molecule has 0 fully saturated rings. The number of carbonyl (C=O) groups is 2. The van der Waals surface area contributed by atoms with Crippen LogP contribution in [-0.4, -0.2) is 26.6 Å². The first-order chi connectivity index (χ1) is 11.2. The van der Waals surface area contributed by atoms with Crippen LogP contribution in [0.1, 0.15) is 18.9 Å². The third-order valence-corrected chi connectivity index (χ3v) is 4.95. The van der Waals surface area contributed by atoms with Gasteiger partial charge < -0.3 is 10.1 Å². The first kappa shape index (κ1) is 19.7. The highest BCUT2D eigenvalue weighted by atomic mass is 28.3. The fourth-order valence-electron chi connectivity index (χ4n) is 1.87. The molecule has 1 aromatic carbocycles. The van der Waals surface area contributed by atoms with Crippen LogP contribution >= 0.6 is 0 Å². The molecule has 0 saturated heterocycles. The fourth-order valence-corrected chi connectivity index (χ4v) is 2.85. The van der Waals surface area contributed by atoms with E-state index >= 15 is 0 Å². The van der Waals surface area contributed by atoms with Crippen molar-refractivity contribution in [2.75, 3.05) is 11.9 Å². The van der Waals surface area contributed by atoms with Gasteiger partial charge >= 0.3 is 5.97 Å². The third kappa shape index (κ3) is 7.25. The molecule has 0 atom stereocenters. The zero-order valence-electron chi connectivity index (χ0n) is 14.7. The molecule has 0 heterocycles. The minimum atomic E-state index is -1.23. The Bertz CT molecular complexity index is 652. The topological polar surface area (TPSA) is 59.8 Å². The van der Waals surface area contributed by atoms with E-state index in [1.165, 1.54) is 6.08 Å². The third-order valence-electron chi connectivity index (χ3n) is 3.20. The maximum Gasteiger partial charge on any atom is 0.336 e. The molecule has 24 heavy (non-hydrogen) atoms. The van der Waals surface area contributed by atoms with Gasteiger partial charge in [0.25, 0.3) is 5.70 Å². The van der Waals surface area contributed by atoms with Gasteiger partial charge in [-0.2, -0.15) is 0 Å². The first-order valence-corrected chi connectivity index (χ1v) is 11.6. The number of nitrogens with one attached hydrogen (secondary N) is 1. The molecule has 1 amide bonds. The normalized spacial score (nSPS) is 11.5. The summed E-state index contributed by atoms with van der Waals surface area (Å²) in [6.45, 7) is 15.7. The van der Waals surface area contributed by atoms with Gasteiger partial charge in [0.2, 0.25) is 5.91 Å². The highest BCUT2D eigenvalue weighted by molar-refractivity contribution is 6.76. The summed E-state index contributed by atoms with van der Waals surface area (Å²) in [7, 11) is -1.23. The van der Waals surface area contributed by atoms with Gasteiger partial charge in [-0.15, -0.1) is 0 Å². The van der Waals surface area contributed by atoms with Crippen molar-refractivity contribution in [3.05, 3.63) is 46.9 Å². The maximum atomic E-state index is 11.9. The molecule has 0 aromatic heterocycles. The van der Waals surface area contributed by atoms with Gasteiger partial charge in [-0.1, -0.05) is 31.8 Å². The molecule has 0 unspecified atom stereocenters. The van der Waals surface area contributed by atoms with Crippen molar-refractivity contribution in [3.8, 4) is 0 Å². The van der Waals surface area contributed by atoms with Crippen LogP contribution in [0.2, 0.25) is 25.7 Å². The molecule has 6 heteroatoms. The minimum absolute atomic E-state index is 0.00841. The Labute approximate surface area is 144 Å². The van der Waals surface area contributed by atoms with Crippen molar-refractivity contribution in [3.63, 3.8) is 0 Å². The standard InChI is InChI=1S/C18H24N2O3Si/c1-6-23-18(22)16(19-2)13-14-7-9-15(10-8-14)20-17(21)11-12-24(3,4)5/h7-10,13H,6,11-12H2,1,3-5H3,(H,20,21)/b16-13-. The second kappa shape index (κ2) is 9.04. The highest BCUT2D eigenvalue weighted by Gasteiger charge is 2.15. The monoisotopic (exact) mass is 344 g/mol. The maximum absolute atomic E-state index is 11.9. The van der Waals surface area contributed by atoms with Gasteiger partial charge in [-0.3, -0.25) is 9.59 Å². The minimum Gasteiger partial charge on any atom is -0.471 e. The second-order valence-corrected chi connectivity index (χ2v) is 12.2. The van der Waals surface area contributed by atoms with E-state index in [2.05, 4.69) is 29.8 Å². The van der Waals surface area contributed by atoms with Crippen molar-refractivity contribution in [1.29, 1.82) is 0 Å². The highest BCUT2D eigenvalue weighted by Crippen LogP contribution is 2.16. The number of hydrogen-bond acceptors (Lipinski definition) is 3. The van der Waals surface area contributed by atoms with E-state index < -0.39 is 14.0 Å². The summed E-state index contributed by atoms with van der Waals surface area (Å²) in [6.07, 6.45) is 2.00. The van der Waals surface area contributed by atoms with Gasteiger partial charge in [0.05, 0.1) is 13.2 Å². The second-order valence-electron chi connectivity index (χ2n) is 6.59. The van der Waals surface area contributed by atoms with Crippen molar-refractivity contribution in [2.24, 2.45) is 0 Å². The molecule has 0 aliphatic rings. The molecule has 1 aromatic rings. The van der Waals surface area contributed by atoms with Crippen molar-refractivity contribution < 1.29 is 14.3 Å². The molecule has 128 valence electrons. The Hall–Kier alpha value is -2.39. The van der Waals surface area contributed by atoms with E-state index in [0.717, 1.165) is 6.04 Å². The Balaban J connectivity index is 2.70. The zero-order valence-corrected chi connectivity index (χ0v) is 15.7. The Morgan fingerprint density at radius 3 is 2.38 bits per heavy atom. The summed E-state index contributed by atoms with van der Waals surface area (Å²) >= 11 is 0. The number of rotatable bonds is 7. The van der Waals surface area contributed by atoms with E-state index in [1.54, 1.807) is 31.2 Å². The van der Waals surface area contributed by atoms with Gasteiger partial charge in [0.1, 0.15) is 0 Å². The molecule has 0 spiro atoms. The van der Waals surface area contributed by atoms with Gasteiger partial charge in [0.15, 0.2) is 0 Å². The van der Waals surface area contributed by atoms with Crippen LogP contribution in [0.4, 0.5) is 5.69 Å². The van der Waals surface area contributed by atoms with Crippen LogP contribution in [0.25, 0.3) is 10.9 Å². The quantitative estimate of drug-likeness (QED) is 0.349. The lowest BCUT2D eigenvalue weighted by Gasteiger charge is -2.15. The number of anilines is 1. The average molecular weight is 344 g/mol. The van der Waals surface area contributed by atoms with Gasteiger partial charge in [0, 0.05) is 20.2 Å².